The lowest BCUT2D eigenvalue weighted by molar-refractivity contribution is 0.0730. The molecule has 1 unspecified atom stereocenters. The minimum atomic E-state index is 0.175. The lowest BCUT2D eigenvalue weighted by Gasteiger charge is -2.25. The van der Waals surface area contributed by atoms with Crippen LogP contribution in [-0.4, -0.2) is 38.2 Å². The third-order valence-corrected chi connectivity index (χ3v) is 5.68. The van der Waals surface area contributed by atoms with E-state index in [9.17, 15) is 4.79 Å². The molecular formula is C20H26N4O. The first kappa shape index (κ1) is 16.3. The molecule has 1 aliphatic carbocycles. The van der Waals surface area contributed by atoms with Crippen LogP contribution < -0.4 is 0 Å². The number of aromatic nitrogens is 3. The van der Waals surface area contributed by atoms with Crippen LogP contribution in [-0.2, 0) is 6.42 Å². The minimum Gasteiger partial charge on any atom is -0.336 e. The highest BCUT2D eigenvalue weighted by Crippen LogP contribution is 2.35. The van der Waals surface area contributed by atoms with Gasteiger partial charge in [0.15, 0.2) is 0 Å². The Morgan fingerprint density at radius 3 is 2.80 bits per heavy atom. The molecule has 132 valence electrons. The molecule has 1 aromatic carbocycles. The van der Waals surface area contributed by atoms with Gasteiger partial charge >= 0.3 is 0 Å². The zero-order valence-electron chi connectivity index (χ0n) is 15.1. The van der Waals surface area contributed by atoms with Crippen molar-refractivity contribution < 1.29 is 4.79 Å². The molecule has 1 aliphatic heterocycles. The fourth-order valence-electron chi connectivity index (χ4n) is 3.84. The number of nitrogens with zero attached hydrogens (tertiary/aromatic N) is 4. The van der Waals surface area contributed by atoms with Crippen molar-refractivity contribution in [1.82, 2.24) is 19.7 Å². The van der Waals surface area contributed by atoms with E-state index in [4.69, 9.17) is 0 Å². The molecule has 5 heteroatoms. The van der Waals surface area contributed by atoms with Gasteiger partial charge in [-0.15, -0.1) is 10.2 Å². The zero-order chi connectivity index (χ0) is 17.4. The Labute approximate surface area is 149 Å². The summed E-state index contributed by atoms with van der Waals surface area (Å²) in [6, 6.07) is 6.96. The summed E-state index contributed by atoms with van der Waals surface area (Å²) < 4.78 is 2.23. The summed E-state index contributed by atoms with van der Waals surface area (Å²) in [5.41, 5.74) is 3.23. The van der Waals surface area contributed by atoms with Crippen molar-refractivity contribution in [3.63, 3.8) is 0 Å². The molecule has 1 aromatic heterocycles. The summed E-state index contributed by atoms with van der Waals surface area (Å²) in [7, 11) is 0. The largest absolute Gasteiger partial charge is 0.336 e. The molecular weight excluding hydrogens is 312 g/mol. The van der Waals surface area contributed by atoms with Crippen LogP contribution in [0.15, 0.2) is 24.5 Å². The fourth-order valence-corrected chi connectivity index (χ4v) is 3.84. The number of rotatable bonds is 5. The molecule has 1 saturated heterocycles. The Kier molecular flexibility index (Phi) is 4.32. The minimum absolute atomic E-state index is 0.175. The van der Waals surface area contributed by atoms with Gasteiger partial charge in [0.05, 0.1) is 0 Å². The van der Waals surface area contributed by atoms with E-state index in [-0.39, 0.29) is 5.91 Å². The second kappa shape index (κ2) is 6.62. The Balaban J connectivity index is 1.43. The van der Waals surface area contributed by atoms with Crippen molar-refractivity contribution in [2.75, 3.05) is 6.54 Å². The lowest BCUT2D eigenvalue weighted by Crippen LogP contribution is -2.36. The number of aryl methyl sites for hydroxylation is 3. The monoisotopic (exact) mass is 338 g/mol. The van der Waals surface area contributed by atoms with Gasteiger partial charge in [-0.25, -0.2) is 0 Å². The molecule has 4 rings (SSSR count). The Bertz CT molecular complexity index is 778. The van der Waals surface area contributed by atoms with Crippen LogP contribution in [0.25, 0.3) is 0 Å². The van der Waals surface area contributed by atoms with Crippen LogP contribution in [0.1, 0.15) is 65.5 Å². The summed E-state index contributed by atoms with van der Waals surface area (Å²) in [5.74, 6) is 1.25. The van der Waals surface area contributed by atoms with Gasteiger partial charge in [-0.2, -0.15) is 0 Å². The molecule has 1 saturated carbocycles. The number of amides is 1. The van der Waals surface area contributed by atoms with Gasteiger partial charge < -0.3 is 9.47 Å². The second-order valence-corrected chi connectivity index (χ2v) is 7.52. The van der Waals surface area contributed by atoms with E-state index in [1.54, 1.807) is 0 Å². The average Bonchev–Trinajstić information content (AvgIpc) is 3.16. The fraction of sp³-hybridized carbons (Fsp3) is 0.550. The maximum Gasteiger partial charge on any atom is 0.254 e. The maximum absolute atomic E-state index is 13.0. The molecule has 2 aromatic rings. The molecule has 1 amide bonds. The van der Waals surface area contributed by atoms with Gasteiger partial charge in [-0.3, -0.25) is 4.79 Å². The van der Waals surface area contributed by atoms with E-state index in [1.165, 1.54) is 24.0 Å². The Morgan fingerprint density at radius 1 is 1.20 bits per heavy atom. The number of hydrogen-bond donors (Lipinski definition) is 0. The van der Waals surface area contributed by atoms with Crippen LogP contribution >= 0.6 is 0 Å². The first-order valence-corrected chi connectivity index (χ1v) is 9.40. The first-order chi connectivity index (χ1) is 12.1. The molecule has 2 aliphatic rings. The van der Waals surface area contributed by atoms with Crippen molar-refractivity contribution in [2.24, 2.45) is 0 Å². The van der Waals surface area contributed by atoms with E-state index in [0.717, 1.165) is 43.6 Å². The summed E-state index contributed by atoms with van der Waals surface area (Å²) in [4.78, 5) is 15.0. The average molecular weight is 338 g/mol. The predicted molar refractivity (Wildman–Crippen MR) is 96.6 cm³/mol. The van der Waals surface area contributed by atoms with Crippen LogP contribution in [0.5, 0.6) is 0 Å². The lowest BCUT2D eigenvalue weighted by atomic mass is 10.0. The van der Waals surface area contributed by atoms with Crippen LogP contribution in [0.2, 0.25) is 0 Å². The van der Waals surface area contributed by atoms with Crippen molar-refractivity contribution in [3.05, 3.63) is 47.0 Å². The predicted octanol–water partition coefficient (Wildman–Crippen LogP) is 3.47. The standard InChI is InChI=1S/C20H26N4O/c1-14-5-6-16(12-15(14)2)20(25)23-11-3-4-17(23)9-10-19-22-21-13-24(19)18-7-8-18/h5-6,12-13,17-18H,3-4,7-11H2,1-2H3. The van der Waals surface area contributed by atoms with Crippen molar-refractivity contribution in [2.45, 2.75) is 64.5 Å². The highest BCUT2D eigenvalue weighted by atomic mass is 16.2. The summed E-state index contributed by atoms with van der Waals surface area (Å²) >= 11 is 0. The van der Waals surface area contributed by atoms with Gasteiger partial charge in [0.2, 0.25) is 0 Å². The second-order valence-electron chi connectivity index (χ2n) is 7.52. The van der Waals surface area contributed by atoms with Crippen molar-refractivity contribution in [1.29, 1.82) is 0 Å². The molecule has 25 heavy (non-hydrogen) atoms. The molecule has 5 nitrogen and oxygen atoms in total. The molecule has 0 N–H and O–H groups in total. The van der Waals surface area contributed by atoms with Crippen LogP contribution in [0, 0.1) is 13.8 Å². The van der Waals surface area contributed by atoms with Gasteiger partial charge in [-0.1, -0.05) is 6.07 Å². The number of hydrogen-bond acceptors (Lipinski definition) is 3. The number of carbonyl (C=O) groups excluding carboxylic acids is 1. The van der Waals surface area contributed by atoms with Crippen molar-refractivity contribution >= 4 is 5.91 Å². The van der Waals surface area contributed by atoms with Gasteiger partial charge in [0.25, 0.3) is 5.91 Å². The topological polar surface area (TPSA) is 51.0 Å². The van der Waals surface area contributed by atoms with Crippen molar-refractivity contribution in [3.8, 4) is 0 Å². The van der Waals surface area contributed by atoms with E-state index in [2.05, 4.69) is 33.5 Å². The summed E-state index contributed by atoms with van der Waals surface area (Å²) in [6.07, 6.45) is 8.40. The first-order valence-electron chi connectivity index (χ1n) is 9.40. The molecule has 0 bridgehead atoms. The molecule has 2 heterocycles. The molecule has 0 spiro atoms. The third-order valence-electron chi connectivity index (χ3n) is 5.68. The molecule has 0 radical (unpaired) electrons. The third kappa shape index (κ3) is 3.32. The van der Waals surface area contributed by atoms with Gasteiger partial charge in [-0.05, 0) is 69.2 Å². The van der Waals surface area contributed by atoms with E-state index < -0.39 is 0 Å². The smallest absolute Gasteiger partial charge is 0.254 e. The Morgan fingerprint density at radius 2 is 2.04 bits per heavy atom. The summed E-state index contributed by atoms with van der Waals surface area (Å²) in [5, 5.41) is 8.38. The van der Waals surface area contributed by atoms with Crippen LogP contribution in [0.3, 0.4) is 0 Å². The number of benzene rings is 1. The molecule has 1 atom stereocenters. The SMILES string of the molecule is Cc1ccc(C(=O)N2CCCC2CCc2nncn2C2CC2)cc1C. The quantitative estimate of drug-likeness (QED) is 0.839. The zero-order valence-corrected chi connectivity index (χ0v) is 15.1. The number of likely N-dealkylation sites (tertiary alicyclic amines) is 1. The van der Waals surface area contributed by atoms with E-state index in [0.29, 0.717) is 12.1 Å². The number of carbonyl (C=O) groups is 1. The summed E-state index contributed by atoms with van der Waals surface area (Å²) in [6.45, 7) is 5.02. The van der Waals surface area contributed by atoms with Gasteiger partial charge in [0.1, 0.15) is 12.2 Å². The normalized spacial score (nSPS) is 20.2. The van der Waals surface area contributed by atoms with E-state index in [1.807, 2.05) is 24.5 Å². The highest BCUT2D eigenvalue weighted by Gasteiger charge is 2.31. The van der Waals surface area contributed by atoms with Crippen LogP contribution in [0.4, 0.5) is 0 Å². The van der Waals surface area contributed by atoms with Gasteiger partial charge in [0, 0.05) is 30.6 Å². The Hall–Kier alpha value is -2.17. The van der Waals surface area contributed by atoms with E-state index >= 15 is 0 Å². The maximum atomic E-state index is 13.0. The highest BCUT2D eigenvalue weighted by molar-refractivity contribution is 5.94. The molecule has 2 fully saturated rings.